The van der Waals surface area contributed by atoms with Gasteiger partial charge >= 0.3 is 0 Å². The van der Waals surface area contributed by atoms with Crippen LogP contribution in [-0.2, 0) is 0 Å². The molecule has 0 aliphatic rings. The van der Waals surface area contributed by atoms with Gasteiger partial charge in [0.05, 0.1) is 27.0 Å². The van der Waals surface area contributed by atoms with E-state index in [-0.39, 0.29) is 22.7 Å². The predicted molar refractivity (Wildman–Crippen MR) is 76.9 cm³/mol. The molecule has 0 fully saturated rings. The number of benzene rings is 2. The fourth-order valence-electron chi connectivity index (χ4n) is 1.54. The van der Waals surface area contributed by atoms with Gasteiger partial charge in [0.15, 0.2) is 5.75 Å². The van der Waals surface area contributed by atoms with Crippen molar-refractivity contribution in [1.82, 2.24) is 0 Å². The zero-order chi connectivity index (χ0) is 14.0. The highest BCUT2D eigenvalue weighted by Crippen LogP contribution is 2.31. The number of hydrogen-bond acceptors (Lipinski definition) is 3. The van der Waals surface area contributed by atoms with Crippen LogP contribution in [0.25, 0.3) is 0 Å². The second-order valence-electron chi connectivity index (χ2n) is 3.79. The third kappa shape index (κ3) is 2.75. The van der Waals surface area contributed by atoms with Gasteiger partial charge in [-0.1, -0.05) is 35.3 Å². The minimum absolute atomic E-state index is 0.0518. The number of nitrogens with one attached hydrogen (secondary N) is 1. The Labute approximate surface area is 119 Å². The summed E-state index contributed by atoms with van der Waals surface area (Å²) < 4.78 is 0. The quantitative estimate of drug-likeness (QED) is 0.586. The maximum Gasteiger partial charge on any atom is 0.259 e. The lowest BCUT2D eigenvalue weighted by Crippen LogP contribution is -2.13. The molecule has 0 aromatic heterocycles. The lowest BCUT2D eigenvalue weighted by Gasteiger charge is -2.10. The molecule has 0 bridgehead atoms. The topological polar surface area (TPSA) is 75.4 Å². The molecular weight excluding hydrogens is 287 g/mol. The minimum Gasteiger partial charge on any atom is -0.505 e. The summed E-state index contributed by atoms with van der Waals surface area (Å²) in [6, 6.07) is 9.38. The fraction of sp³-hybridized carbons (Fsp3) is 0. The highest BCUT2D eigenvalue weighted by molar-refractivity contribution is 6.40. The summed E-state index contributed by atoms with van der Waals surface area (Å²) in [7, 11) is 0. The molecule has 0 heterocycles. The second kappa shape index (κ2) is 5.38. The highest BCUT2D eigenvalue weighted by Gasteiger charge is 2.15. The average Bonchev–Trinajstić information content (AvgIpc) is 2.37. The lowest BCUT2D eigenvalue weighted by molar-refractivity contribution is 0.102. The van der Waals surface area contributed by atoms with Crippen LogP contribution in [0.15, 0.2) is 36.4 Å². The largest absolute Gasteiger partial charge is 0.505 e. The van der Waals surface area contributed by atoms with Gasteiger partial charge in [-0.15, -0.1) is 0 Å². The molecule has 0 saturated heterocycles. The number of phenols is 1. The third-order valence-electron chi connectivity index (χ3n) is 2.51. The first-order valence-corrected chi connectivity index (χ1v) is 6.09. The summed E-state index contributed by atoms with van der Waals surface area (Å²) in [4.78, 5) is 12.0. The van der Waals surface area contributed by atoms with Crippen LogP contribution in [0.3, 0.4) is 0 Å². The number of amides is 1. The Morgan fingerprint density at radius 2 is 1.68 bits per heavy atom. The van der Waals surface area contributed by atoms with E-state index in [0.717, 1.165) is 0 Å². The van der Waals surface area contributed by atoms with E-state index in [4.69, 9.17) is 28.9 Å². The van der Waals surface area contributed by atoms with Crippen molar-refractivity contribution in [2.45, 2.75) is 0 Å². The predicted octanol–water partition coefficient (Wildman–Crippen LogP) is 3.53. The van der Waals surface area contributed by atoms with Crippen LogP contribution in [-0.4, -0.2) is 11.0 Å². The number of carbonyl (C=O) groups excluding carboxylic acids is 1. The van der Waals surface area contributed by atoms with Crippen molar-refractivity contribution in [2.24, 2.45) is 0 Å². The van der Waals surface area contributed by atoms with Crippen molar-refractivity contribution in [2.75, 3.05) is 11.1 Å². The zero-order valence-corrected chi connectivity index (χ0v) is 11.2. The maximum atomic E-state index is 12.0. The Kier molecular flexibility index (Phi) is 3.83. The third-order valence-corrected chi connectivity index (χ3v) is 3.14. The Bertz CT molecular complexity index is 624. The van der Waals surface area contributed by atoms with E-state index in [0.29, 0.717) is 10.0 Å². The van der Waals surface area contributed by atoms with E-state index >= 15 is 0 Å². The summed E-state index contributed by atoms with van der Waals surface area (Å²) in [5.74, 6) is -0.817. The molecule has 2 aromatic carbocycles. The number of rotatable bonds is 2. The van der Waals surface area contributed by atoms with Crippen LogP contribution in [0, 0.1) is 0 Å². The molecule has 19 heavy (non-hydrogen) atoms. The molecule has 4 N–H and O–H groups in total. The number of nitrogen functional groups attached to an aromatic ring is 1. The molecule has 0 spiro atoms. The van der Waals surface area contributed by atoms with Gasteiger partial charge in [-0.2, -0.15) is 0 Å². The van der Waals surface area contributed by atoms with Gasteiger partial charge in [0.25, 0.3) is 5.91 Å². The summed E-state index contributed by atoms with van der Waals surface area (Å²) in [5.41, 5.74) is 5.99. The number of anilines is 2. The molecule has 0 saturated carbocycles. The lowest BCUT2D eigenvalue weighted by atomic mass is 10.1. The van der Waals surface area contributed by atoms with Gasteiger partial charge in [-0.25, -0.2) is 0 Å². The highest BCUT2D eigenvalue weighted by atomic mass is 35.5. The van der Waals surface area contributed by atoms with Crippen LogP contribution in [0.4, 0.5) is 11.4 Å². The average molecular weight is 297 g/mol. The van der Waals surface area contributed by atoms with Gasteiger partial charge in [0, 0.05) is 0 Å². The Morgan fingerprint density at radius 3 is 2.32 bits per heavy atom. The standard InChI is InChI=1S/C13H10Cl2N2O2/c14-8-4-2-5-9(15)11(8)17-13(19)7-3-1-6-10(16)12(7)18/h1-6,18H,16H2,(H,17,19). The van der Waals surface area contributed by atoms with Gasteiger partial charge in [-0.05, 0) is 24.3 Å². The van der Waals surface area contributed by atoms with Gasteiger partial charge in [-0.3, -0.25) is 4.79 Å². The van der Waals surface area contributed by atoms with E-state index in [2.05, 4.69) is 5.32 Å². The number of halogens is 2. The first-order valence-electron chi connectivity index (χ1n) is 5.33. The molecule has 98 valence electrons. The molecule has 0 radical (unpaired) electrons. The number of aromatic hydroxyl groups is 1. The molecule has 2 rings (SSSR count). The van der Waals surface area contributed by atoms with Crippen LogP contribution in [0.5, 0.6) is 5.75 Å². The van der Waals surface area contributed by atoms with Crippen LogP contribution < -0.4 is 11.1 Å². The summed E-state index contributed by atoms with van der Waals surface area (Å²) >= 11 is 11.9. The summed E-state index contributed by atoms with van der Waals surface area (Å²) in [5, 5.41) is 12.9. The van der Waals surface area contributed by atoms with Crippen molar-refractivity contribution in [1.29, 1.82) is 0 Å². The van der Waals surface area contributed by atoms with E-state index in [1.807, 2.05) is 0 Å². The Hall–Kier alpha value is -1.91. The molecular formula is C13H10Cl2N2O2. The first kappa shape index (κ1) is 13.5. The zero-order valence-electron chi connectivity index (χ0n) is 9.65. The van der Waals surface area contributed by atoms with E-state index < -0.39 is 5.91 Å². The Morgan fingerprint density at radius 1 is 1.11 bits per heavy atom. The van der Waals surface area contributed by atoms with Crippen LogP contribution in [0.1, 0.15) is 10.4 Å². The molecule has 0 atom stereocenters. The maximum absolute atomic E-state index is 12.0. The SMILES string of the molecule is Nc1cccc(C(=O)Nc2c(Cl)cccc2Cl)c1O. The summed E-state index contributed by atoms with van der Waals surface area (Å²) in [6.45, 7) is 0. The van der Waals surface area contributed by atoms with Crippen molar-refractivity contribution >= 4 is 40.5 Å². The van der Waals surface area contributed by atoms with E-state index in [1.165, 1.54) is 12.1 Å². The van der Waals surface area contributed by atoms with E-state index in [1.54, 1.807) is 24.3 Å². The molecule has 1 amide bonds. The number of carbonyl (C=O) groups is 1. The van der Waals surface area contributed by atoms with Gasteiger partial charge in [0.2, 0.25) is 0 Å². The molecule has 0 aliphatic heterocycles. The van der Waals surface area contributed by atoms with Crippen LogP contribution in [0.2, 0.25) is 10.0 Å². The van der Waals surface area contributed by atoms with Crippen molar-refractivity contribution in [3.8, 4) is 5.75 Å². The molecule has 6 heteroatoms. The fourth-order valence-corrected chi connectivity index (χ4v) is 2.03. The minimum atomic E-state index is -0.542. The number of phenolic OH excluding ortho intramolecular Hbond substituents is 1. The molecule has 4 nitrogen and oxygen atoms in total. The van der Waals surface area contributed by atoms with Gasteiger partial charge < -0.3 is 16.2 Å². The van der Waals surface area contributed by atoms with Crippen LogP contribution >= 0.6 is 23.2 Å². The first-order chi connectivity index (χ1) is 9.00. The smallest absolute Gasteiger partial charge is 0.259 e. The molecule has 0 aliphatic carbocycles. The van der Waals surface area contributed by atoms with Gasteiger partial charge in [0.1, 0.15) is 0 Å². The number of hydrogen-bond donors (Lipinski definition) is 3. The van der Waals surface area contributed by atoms with E-state index in [9.17, 15) is 9.90 Å². The van der Waals surface area contributed by atoms with Crippen molar-refractivity contribution < 1.29 is 9.90 Å². The second-order valence-corrected chi connectivity index (χ2v) is 4.61. The summed E-state index contributed by atoms with van der Waals surface area (Å²) in [6.07, 6.45) is 0. The monoisotopic (exact) mass is 296 g/mol. The number of nitrogens with two attached hydrogens (primary N) is 1. The normalized spacial score (nSPS) is 10.2. The molecule has 2 aromatic rings. The number of para-hydroxylation sites is 2. The molecule has 0 unspecified atom stereocenters. The van der Waals surface area contributed by atoms with Crippen molar-refractivity contribution in [3.63, 3.8) is 0 Å². The Balaban J connectivity index is 2.34. The van der Waals surface area contributed by atoms with Crippen molar-refractivity contribution in [3.05, 3.63) is 52.0 Å².